The van der Waals surface area contributed by atoms with Gasteiger partial charge in [0, 0.05) is 10.9 Å². The molecule has 0 aliphatic rings. The number of rotatable bonds is 5. The zero-order valence-electron chi connectivity index (χ0n) is 11.4. The van der Waals surface area contributed by atoms with Crippen molar-refractivity contribution >= 4 is 11.3 Å². The van der Waals surface area contributed by atoms with Gasteiger partial charge in [0.25, 0.3) is 0 Å². The van der Waals surface area contributed by atoms with Crippen molar-refractivity contribution in [3.05, 3.63) is 51.5 Å². The number of aryl methyl sites for hydroxylation is 1. The number of ether oxygens (including phenoxy) is 1. The summed E-state index contributed by atoms with van der Waals surface area (Å²) in [5.74, 6) is -0.0187. The largest absolute Gasteiger partial charge is 0.494 e. The van der Waals surface area contributed by atoms with Gasteiger partial charge >= 0.3 is 0 Å². The highest BCUT2D eigenvalue weighted by Gasteiger charge is 2.15. The topological polar surface area (TPSA) is 21.3 Å². The molecule has 0 amide bonds. The van der Waals surface area contributed by atoms with Gasteiger partial charge in [-0.05, 0) is 55.1 Å². The van der Waals surface area contributed by atoms with Gasteiger partial charge in [0.2, 0.25) is 0 Å². The zero-order chi connectivity index (χ0) is 13.8. The number of halogens is 1. The van der Waals surface area contributed by atoms with E-state index in [0.29, 0.717) is 0 Å². The van der Waals surface area contributed by atoms with Crippen LogP contribution in [0.2, 0.25) is 0 Å². The molecule has 2 nitrogen and oxygen atoms in total. The van der Waals surface area contributed by atoms with Crippen LogP contribution < -0.4 is 10.1 Å². The van der Waals surface area contributed by atoms with Gasteiger partial charge in [-0.2, -0.15) is 0 Å². The molecule has 1 unspecified atom stereocenters. The number of benzene rings is 1. The van der Waals surface area contributed by atoms with Gasteiger partial charge in [-0.25, -0.2) is 4.39 Å². The summed E-state index contributed by atoms with van der Waals surface area (Å²) < 4.78 is 18.6. The monoisotopic (exact) mass is 279 g/mol. The average molecular weight is 279 g/mol. The third-order valence-electron chi connectivity index (χ3n) is 3.22. The van der Waals surface area contributed by atoms with E-state index >= 15 is 0 Å². The Morgan fingerprint density at radius 2 is 2.16 bits per heavy atom. The summed E-state index contributed by atoms with van der Waals surface area (Å²) in [6, 6.07) is 7.46. The van der Waals surface area contributed by atoms with Crippen LogP contribution in [0.4, 0.5) is 4.39 Å². The second-order valence-electron chi connectivity index (χ2n) is 4.48. The highest BCUT2D eigenvalue weighted by molar-refractivity contribution is 7.10. The van der Waals surface area contributed by atoms with Crippen molar-refractivity contribution in [1.82, 2.24) is 5.32 Å². The fourth-order valence-electron chi connectivity index (χ4n) is 2.14. The van der Waals surface area contributed by atoms with Crippen molar-refractivity contribution in [3.63, 3.8) is 0 Å². The standard InChI is InChI=1S/C15H18FNOS/c1-10-6-7-19-15(10)13(17-2)9-11-4-5-14(18-3)12(16)8-11/h4-8,13,17H,9H2,1-3H3. The summed E-state index contributed by atoms with van der Waals surface area (Å²) >= 11 is 1.73. The molecule has 0 aliphatic heterocycles. The van der Waals surface area contributed by atoms with Gasteiger partial charge in [-0.1, -0.05) is 6.07 Å². The molecule has 19 heavy (non-hydrogen) atoms. The van der Waals surface area contributed by atoms with Crippen LogP contribution in [-0.4, -0.2) is 14.2 Å². The molecule has 1 aromatic carbocycles. The lowest BCUT2D eigenvalue weighted by molar-refractivity contribution is 0.386. The Balaban J connectivity index is 2.19. The number of thiophene rings is 1. The summed E-state index contributed by atoms with van der Waals surface area (Å²) in [5.41, 5.74) is 2.24. The maximum Gasteiger partial charge on any atom is 0.165 e. The van der Waals surface area contributed by atoms with Crippen molar-refractivity contribution in [2.75, 3.05) is 14.2 Å². The van der Waals surface area contributed by atoms with E-state index in [0.717, 1.165) is 12.0 Å². The number of methoxy groups -OCH3 is 1. The molecule has 2 rings (SSSR count). The van der Waals surface area contributed by atoms with Gasteiger partial charge < -0.3 is 10.1 Å². The van der Waals surface area contributed by atoms with Gasteiger partial charge in [0.15, 0.2) is 11.6 Å². The smallest absolute Gasteiger partial charge is 0.165 e. The molecule has 0 spiro atoms. The van der Waals surface area contributed by atoms with Crippen molar-refractivity contribution < 1.29 is 9.13 Å². The molecule has 0 aliphatic carbocycles. The first kappa shape index (κ1) is 14.0. The van der Waals surface area contributed by atoms with Gasteiger partial charge in [0.05, 0.1) is 7.11 Å². The van der Waals surface area contributed by atoms with E-state index < -0.39 is 0 Å². The lowest BCUT2D eigenvalue weighted by Crippen LogP contribution is -2.18. The number of hydrogen-bond donors (Lipinski definition) is 1. The molecule has 1 aromatic heterocycles. The van der Waals surface area contributed by atoms with Crippen molar-refractivity contribution in [3.8, 4) is 5.75 Å². The van der Waals surface area contributed by atoms with E-state index in [-0.39, 0.29) is 17.6 Å². The maximum absolute atomic E-state index is 13.7. The molecule has 1 atom stereocenters. The Labute approximate surface area is 117 Å². The molecule has 0 fully saturated rings. The first-order valence-corrected chi connectivity index (χ1v) is 7.07. The van der Waals surface area contributed by atoms with Gasteiger partial charge in [-0.15, -0.1) is 11.3 Å². The molecular formula is C15H18FNOS. The van der Waals surface area contributed by atoms with E-state index in [1.165, 1.54) is 17.6 Å². The van der Waals surface area contributed by atoms with E-state index in [2.05, 4.69) is 23.7 Å². The zero-order valence-corrected chi connectivity index (χ0v) is 12.2. The van der Waals surface area contributed by atoms with E-state index in [4.69, 9.17) is 4.74 Å². The second kappa shape index (κ2) is 6.17. The lowest BCUT2D eigenvalue weighted by Gasteiger charge is -2.16. The molecule has 1 heterocycles. The van der Waals surface area contributed by atoms with Crippen LogP contribution >= 0.6 is 11.3 Å². The summed E-state index contributed by atoms with van der Waals surface area (Å²) in [6.07, 6.45) is 0.763. The molecular weight excluding hydrogens is 261 g/mol. The fourth-order valence-corrected chi connectivity index (χ4v) is 3.18. The van der Waals surface area contributed by atoms with E-state index in [1.54, 1.807) is 23.5 Å². The molecule has 2 aromatic rings. The minimum Gasteiger partial charge on any atom is -0.494 e. The predicted octanol–water partition coefficient (Wildman–Crippen LogP) is 3.71. The van der Waals surface area contributed by atoms with Gasteiger partial charge in [-0.3, -0.25) is 0 Å². The van der Waals surface area contributed by atoms with E-state index in [9.17, 15) is 4.39 Å². The Bertz CT molecular complexity index is 553. The Kier molecular flexibility index (Phi) is 4.56. The van der Waals surface area contributed by atoms with Crippen LogP contribution in [0.3, 0.4) is 0 Å². The van der Waals surface area contributed by atoms with Crippen LogP contribution in [0.1, 0.15) is 22.0 Å². The third-order valence-corrected chi connectivity index (χ3v) is 4.36. The van der Waals surface area contributed by atoms with Crippen LogP contribution in [0.25, 0.3) is 0 Å². The Morgan fingerprint density at radius 3 is 2.68 bits per heavy atom. The molecule has 0 bridgehead atoms. The first-order valence-electron chi connectivity index (χ1n) is 6.19. The molecule has 102 valence electrons. The minimum absolute atomic E-state index is 0.216. The van der Waals surface area contributed by atoms with Crippen LogP contribution in [-0.2, 0) is 6.42 Å². The second-order valence-corrected chi connectivity index (χ2v) is 5.43. The SMILES string of the molecule is CNC(Cc1ccc(OC)c(F)c1)c1sccc1C. The average Bonchev–Trinajstić information content (AvgIpc) is 2.82. The van der Waals surface area contributed by atoms with Crippen molar-refractivity contribution in [2.24, 2.45) is 0 Å². The summed E-state index contributed by atoms with van der Waals surface area (Å²) in [6.45, 7) is 2.10. The van der Waals surface area contributed by atoms with Crippen molar-refractivity contribution in [2.45, 2.75) is 19.4 Å². The normalized spacial score (nSPS) is 12.4. The molecule has 1 N–H and O–H groups in total. The highest BCUT2D eigenvalue weighted by Crippen LogP contribution is 2.27. The number of hydrogen-bond acceptors (Lipinski definition) is 3. The summed E-state index contributed by atoms with van der Waals surface area (Å²) in [4.78, 5) is 1.30. The Hall–Kier alpha value is -1.39. The fraction of sp³-hybridized carbons (Fsp3) is 0.333. The highest BCUT2D eigenvalue weighted by atomic mass is 32.1. The summed E-state index contributed by atoms with van der Waals surface area (Å²) in [5, 5.41) is 5.39. The summed E-state index contributed by atoms with van der Waals surface area (Å²) in [7, 11) is 3.41. The number of nitrogens with one attached hydrogen (secondary N) is 1. The minimum atomic E-state index is -0.308. The molecule has 4 heteroatoms. The van der Waals surface area contributed by atoms with Crippen molar-refractivity contribution in [1.29, 1.82) is 0 Å². The molecule has 0 saturated carbocycles. The van der Waals surface area contributed by atoms with Crippen LogP contribution in [0, 0.1) is 12.7 Å². The van der Waals surface area contributed by atoms with Crippen LogP contribution in [0.5, 0.6) is 5.75 Å². The van der Waals surface area contributed by atoms with Gasteiger partial charge in [0.1, 0.15) is 0 Å². The molecule has 0 radical (unpaired) electrons. The third kappa shape index (κ3) is 3.14. The van der Waals surface area contributed by atoms with Crippen LogP contribution in [0.15, 0.2) is 29.6 Å². The maximum atomic E-state index is 13.7. The number of likely N-dealkylation sites (N-methyl/N-ethyl adjacent to an activating group) is 1. The lowest BCUT2D eigenvalue weighted by atomic mass is 10.0. The quantitative estimate of drug-likeness (QED) is 0.901. The first-order chi connectivity index (χ1) is 9.15. The van der Waals surface area contributed by atoms with E-state index in [1.807, 2.05) is 13.1 Å². The molecule has 0 saturated heterocycles. The Morgan fingerprint density at radius 1 is 1.37 bits per heavy atom. The predicted molar refractivity (Wildman–Crippen MR) is 77.5 cm³/mol.